The van der Waals surface area contributed by atoms with Gasteiger partial charge >= 0.3 is 0 Å². The Morgan fingerprint density at radius 3 is 2.43 bits per heavy atom. The van der Waals surface area contributed by atoms with Gasteiger partial charge in [0.2, 0.25) is 0 Å². The van der Waals surface area contributed by atoms with Crippen LogP contribution in [-0.4, -0.2) is 45.7 Å². The fraction of sp³-hybridized carbons (Fsp3) is 0.318. The molecule has 6 heteroatoms. The molecule has 148 valence electrons. The van der Waals surface area contributed by atoms with Crippen molar-refractivity contribution < 1.29 is 23.4 Å². The standard InChI is InChI=1S/C22H25NO5/c1-14-17-13-16(25-3)7-9-18(17)28-21(14)22(24)23(2)11-10-15-6-8-19(26-4)20(12-15)27-5/h6-9,12-13H,10-11H2,1-5H3. The zero-order chi connectivity index (χ0) is 20.3. The third-order valence-corrected chi connectivity index (χ3v) is 4.87. The molecule has 0 unspecified atom stereocenters. The summed E-state index contributed by atoms with van der Waals surface area (Å²) in [4.78, 5) is 14.6. The maximum Gasteiger partial charge on any atom is 0.289 e. The summed E-state index contributed by atoms with van der Waals surface area (Å²) >= 11 is 0. The topological polar surface area (TPSA) is 61.1 Å². The Balaban J connectivity index is 1.74. The van der Waals surface area contributed by atoms with Crippen LogP contribution in [0.4, 0.5) is 0 Å². The molecule has 0 aliphatic heterocycles. The number of carbonyl (C=O) groups excluding carboxylic acids is 1. The van der Waals surface area contributed by atoms with E-state index in [1.54, 1.807) is 33.3 Å². The maximum atomic E-state index is 12.9. The highest BCUT2D eigenvalue weighted by Gasteiger charge is 2.21. The van der Waals surface area contributed by atoms with E-state index in [0.29, 0.717) is 35.8 Å². The molecule has 3 aromatic rings. The highest BCUT2D eigenvalue weighted by Crippen LogP contribution is 2.30. The Morgan fingerprint density at radius 2 is 1.75 bits per heavy atom. The van der Waals surface area contributed by atoms with Crippen molar-refractivity contribution in [3.8, 4) is 17.2 Å². The monoisotopic (exact) mass is 383 g/mol. The van der Waals surface area contributed by atoms with Gasteiger partial charge in [0.15, 0.2) is 17.3 Å². The SMILES string of the molecule is COc1ccc2oc(C(=O)N(C)CCc3ccc(OC)c(OC)c3)c(C)c2c1. The number of likely N-dealkylation sites (N-methyl/N-ethyl adjacent to an activating group) is 1. The summed E-state index contributed by atoms with van der Waals surface area (Å²) in [5.74, 6) is 2.31. The highest BCUT2D eigenvalue weighted by molar-refractivity contribution is 5.99. The number of furan rings is 1. The van der Waals surface area contributed by atoms with Crippen LogP contribution >= 0.6 is 0 Å². The summed E-state index contributed by atoms with van der Waals surface area (Å²) in [6.45, 7) is 2.44. The van der Waals surface area contributed by atoms with Crippen LogP contribution in [0.5, 0.6) is 17.2 Å². The molecule has 0 aliphatic carbocycles. The number of carbonyl (C=O) groups is 1. The molecular formula is C22H25NO5. The van der Waals surface area contributed by atoms with Crippen molar-refractivity contribution >= 4 is 16.9 Å². The second-order valence-electron chi connectivity index (χ2n) is 6.58. The molecule has 0 saturated carbocycles. The summed E-state index contributed by atoms with van der Waals surface area (Å²) in [7, 11) is 6.60. The van der Waals surface area contributed by atoms with Crippen LogP contribution in [0.15, 0.2) is 40.8 Å². The lowest BCUT2D eigenvalue weighted by atomic mass is 10.1. The summed E-state index contributed by atoms with van der Waals surface area (Å²) in [5, 5.41) is 0.885. The lowest BCUT2D eigenvalue weighted by Crippen LogP contribution is -2.29. The van der Waals surface area contributed by atoms with Gasteiger partial charge in [-0.05, 0) is 49.2 Å². The van der Waals surface area contributed by atoms with E-state index in [-0.39, 0.29) is 5.91 Å². The number of benzene rings is 2. The van der Waals surface area contributed by atoms with Crippen LogP contribution in [0.1, 0.15) is 21.7 Å². The fourth-order valence-electron chi connectivity index (χ4n) is 3.14. The predicted molar refractivity (Wildman–Crippen MR) is 108 cm³/mol. The van der Waals surface area contributed by atoms with Gasteiger partial charge in [0.25, 0.3) is 5.91 Å². The lowest BCUT2D eigenvalue weighted by molar-refractivity contribution is 0.0766. The molecule has 0 radical (unpaired) electrons. The molecule has 6 nitrogen and oxygen atoms in total. The van der Waals surface area contributed by atoms with E-state index in [0.717, 1.165) is 22.3 Å². The Hall–Kier alpha value is -3.15. The van der Waals surface area contributed by atoms with Crippen LogP contribution in [0, 0.1) is 6.92 Å². The number of methoxy groups -OCH3 is 3. The van der Waals surface area contributed by atoms with Crippen molar-refractivity contribution in [1.29, 1.82) is 0 Å². The average Bonchev–Trinajstić information content (AvgIpc) is 3.06. The van der Waals surface area contributed by atoms with Gasteiger partial charge in [-0.2, -0.15) is 0 Å². The van der Waals surface area contributed by atoms with Gasteiger partial charge in [-0.1, -0.05) is 6.07 Å². The molecule has 0 N–H and O–H groups in total. The molecular weight excluding hydrogens is 358 g/mol. The van der Waals surface area contributed by atoms with E-state index in [2.05, 4.69) is 0 Å². The van der Waals surface area contributed by atoms with Crippen molar-refractivity contribution in [2.24, 2.45) is 0 Å². The molecule has 0 bridgehead atoms. The number of ether oxygens (including phenoxy) is 3. The summed E-state index contributed by atoms with van der Waals surface area (Å²) in [5.41, 5.74) is 2.55. The molecule has 0 saturated heterocycles. The van der Waals surface area contributed by atoms with E-state index in [4.69, 9.17) is 18.6 Å². The Labute approximate surface area is 164 Å². The normalized spacial score (nSPS) is 10.8. The minimum atomic E-state index is -0.145. The number of hydrogen-bond acceptors (Lipinski definition) is 5. The summed E-state index contributed by atoms with van der Waals surface area (Å²) < 4.78 is 21.7. The Morgan fingerprint density at radius 1 is 1.00 bits per heavy atom. The largest absolute Gasteiger partial charge is 0.497 e. The molecule has 1 heterocycles. The van der Waals surface area contributed by atoms with Crippen LogP contribution in [0.3, 0.4) is 0 Å². The van der Waals surface area contributed by atoms with Crippen LogP contribution < -0.4 is 14.2 Å². The maximum absolute atomic E-state index is 12.9. The predicted octanol–water partition coefficient (Wildman–Crippen LogP) is 4.08. The summed E-state index contributed by atoms with van der Waals surface area (Å²) in [6, 6.07) is 11.3. The minimum Gasteiger partial charge on any atom is -0.497 e. The first kappa shape index (κ1) is 19.6. The molecule has 0 atom stereocenters. The molecule has 1 aromatic heterocycles. The number of fused-ring (bicyclic) bond motifs is 1. The number of nitrogens with zero attached hydrogens (tertiary/aromatic N) is 1. The van der Waals surface area contributed by atoms with E-state index in [9.17, 15) is 4.79 Å². The molecule has 0 spiro atoms. The van der Waals surface area contributed by atoms with Crippen molar-refractivity contribution in [3.63, 3.8) is 0 Å². The lowest BCUT2D eigenvalue weighted by Gasteiger charge is -2.17. The van der Waals surface area contributed by atoms with E-state index >= 15 is 0 Å². The summed E-state index contributed by atoms with van der Waals surface area (Å²) in [6.07, 6.45) is 0.690. The first-order chi connectivity index (χ1) is 13.5. The van der Waals surface area contributed by atoms with E-state index in [1.807, 2.05) is 43.3 Å². The van der Waals surface area contributed by atoms with Gasteiger partial charge in [-0.3, -0.25) is 4.79 Å². The van der Waals surface area contributed by atoms with Gasteiger partial charge in [0, 0.05) is 24.5 Å². The third-order valence-electron chi connectivity index (χ3n) is 4.87. The average molecular weight is 383 g/mol. The molecule has 0 aliphatic rings. The smallest absolute Gasteiger partial charge is 0.289 e. The number of amides is 1. The zero-order valence-corrected chi connectivity index (χ0v) is 16.9. The van der Waals surface area contributed by atoms with Crippen molar-refractivity contribution in [1.82, 2.24) is 4.90 Å². The number of rotatable bonds is 7. The number of aryl methyl sites for hydroxylation is 1. The van der Waals surface area contributed by atoms with E-state index in [1.165, 1.54) is 0 Å². The third kappa shape index (κ3) is 3.76. The van der Waals surface area contributed by atoms with Crippen LogP contribution in [0.25, 0.3) is 11.0 Å². The van der Waals surface area contributed by atoms with Crippen molar-refractivity contribution in [2.45, 2.75) is 13.3 Å². The second-order valence-corrected chi connectivity index (χ2v) is 6.58. The molecule has 0 fully saturated rings. The first-order valence-corrected chi connectivity index (χ1v) is 9.02. The Kier molecular flexibility index (Phi) is 5.78. The van der Waals surface area contributed by atoms with Gasteiger partial charge in [0.1, 0.15) is 11.3 Å². The molecule has 1 amide bonds. The fourth-order valence-corrected chi connectivity index (χ4v) is 3.14. The molecule has 3 rings (SSSR count). The second kappa shape index (κ2) is 8.25. The minimum absolute atomic E-state index is 0.145. The number of hydrogen-bond donors (Lipinski definition) is 0. The van der Waals surface area contributed by atoms with Gasteiger partial charge in [0.05, 0.1) is 21.3 Å². The Bertz CT molecular complexity index is 992. The first-order valence-electron chi connectivity index (χ1n) is 9.02. The van der Waals surface area contributed by atoms with Gasteiger partial charge in [-0.25, -0.2) is 0 Å². The molecule has 2 aromatic carbocycles. The highest BCUT2D eigenvalue weighted by atomic mass is 16.5. The zero-order valence-electron chi connectivity index (χ0n) is 16.9. The van der Waals surface area contributed by atoms with Crippen molar-refractivity contribution in [2.75, 3.05) is 34.9 Å². The van der Waals surface area contributed by atoms with Gasteiger partial charge in [-0.15, -0.1) is 0 Å². The van der Waals surface area contributed by atoms with E-state index < -0.39 is 0 Å². The van der Waals surface area contributed by atoms with Crippen LogP contribution in [-0.2, 0) is 6.42 Å². The molecule has 28 heavy (non-hydrogen) atoms. The van der Waals surface area contributed by atoms with Crippen LogP contribution in [0.2, 0.25) is 0 Å². The quantitative estimate of drug-likeness (QED) is 0.615. The van der Waals surface area contributed by atoms with Crippen molar-refractivity contribution in [3.05, 3.63) is 53.3 Å². The van der Waals surface area contributed by atoms with Gasteiger partial charge < -0.3 is 23.5 Å².